The smallest absolute Gasteiger partial charge is 0.137 e. The van der Waals surface area contributed by atoms with E-state index in [4.69, 9.17) is 4.42 Å². The van der Waals surface area contributed by atoms with Crippen molar-refractivity contribution >= 4 is 66.8 Å². The molecule has 0 saturated heterocycles. The standard InChI is InChI=1S/C59H38N2O/c1-4-21-40(22-5-1)60(41-23-6-2-7-24-41)51-34-18-33-50-55(51)45-29-13-16-32-49(45)59(50)48-31-15-12-28-44(48)47-38-39-20-10-11-27-43(39)58(57(47)59)61(42-25-8-3-9-26-42)52-35-19-37-54-56(52)46-30-14-17-36-53(46)62-54/h1-38H. The Kier molecular flexibility index (Phi) is 7.52. The molecular weight excluding hydrogens is 753 g/mol. The average molecular weight is 791 g/mol. The van der Waals surface area contributed by atoms with E-state index in [-0.39, 0.29) is 0 Å². The van der Waals surface area contributed by atoms with Gasteiger partial charge in [0.2, 0.25) is 0 Å². The Morgan fingerprint density at radius 1 is 0.355 bits per heavy atom. The van der Waals surface area contributed by atoms with Crippen LogP contribution < -0.4 is 9.80 Å². The van der Waals surface area contributed by atoms with Gasteiger partial charge in [-0.2, -0.15) is 0 Å². The van der Waals surface area contributed by atoms with Gasteiger partial charge in [-0.3, -0.25) is 0 Å². The molecule has 0 fully saturated rings. The van der Waals surface area contributed by atoms with Gasteiger partial charge in [-0.1, -0.05) is 164 Å². The molecule has 62 heavy (non-hydrogen) atoms. The zero-order valence-electron chi connectivity index (χ0n) is 33.7. The van der Waals surface area contributed by atoms with Gasteiger partial charge in [0.25, 0.3) is 0 Å². The Morgan fingerprint density at radius 2 is 0.871 bits per heavy atom. The monoisotopic (exact) mass is 790 g/mol. The Balaban J connectivity index is 1.21. The van der Waals surface area contributed by atoms with Crippen molar-refractivity contribution in [2.24, 2.45) is 0 Å². The Labute approximate surface area is 360 Å². The first-order valence-corrected chi connectivity index (χ1v) is 21.4. The fraction of sp³-hybridized carbons (Fsp3) is 0.0169. The molecule has 13 rings (SSSR count). The molecule has 2 aliphatic rings. The first-order valence-electron chi connectivity index (χ1n) is 21.4. The van der Waals surface area contributed by atoms with Crippen LogP contribution in [-0.2, 0) is 5.41 Å². The molecule has 0 aliphatic heterocycles. The van der Waals surface area contributed by atoms with Crippen LogP contribution in [0.15, 0.2) is 235 Å². The van der Waals surface area contributed by atoms with Crippen molar-refractivity contribution in [1.29, 1.82) is 0 Å². The number of anilines is 6. The van der Waals surface area contributed by atoms with Crippen LogP contribution in [0.5, 0.6) is 0 Å². The van der Waals surface area contributed by atoms with Crippen LogP contribution in [0.1, 0.15) is 22.3 Å². The molecule has 1 aromatic heterocycles. The van der Waals surface area contributed by atoms with Gasteiger partial charge in [-0.25, -0.2) is 0 Å². The van der Waals surface area contributed by atoms with E-state index in [1.165, 1.54) is 55.3 Å². The number of fused-ring (bicyclic) bond motifs is 14. The normalized spacial score (nSPS) is 14.5. The number of rotatable bonds is 6. The fourth-order valence-electron chi connectivity index (χ4n) is 10.9. The minimum Gasteiger partial charge on any atom is -0.456 e. The third-order valence-corrected chi connectivity index (χ3v) is 13.2. The Hall–Kier alpha value is -8.14. The quantitative estimate of drug-likeness (QED) is 0.167. The maximum atomic E-state index is 6.61. The van der Waals surface area contributed by atoms with Gasteiger partial charge in [-0.05, 0) is 105 Å². The zero-order chi connectivity index (χ0) is 40.8. The molecule has 0 amide bonds. The molecule has 0 saturated carbocycles. The van der Waals surface area contributed by atoms with Crippen LogP contribution in [0.2, 0.25) is 0 Å². The van der Waals surface area contributed by atoms with E-state index in [1.54, 1.807) is 0 Å². The molecule has 10 aromatic carbocycles. The van der Waals surface area contributed by atoms with Gasteiger partial charge in [-0.15, -0.1) is 0 Å². The molecule has 11 aromatic rings. The molecule has 1 atom stereocenters. The highest BCUT2D eigenvalue weighted by atomic mass is 16.3. The predicted octanol–water partition coefficient (Wildman–Crippen LogP) is 16.0. The average Bonchev–Trinajstić information content (AvgIpc) is 3.97. The zero-order valence-corrected chi connectivity index (χ0v) is 33.7. The SMILES string of the molecule is c1ccc(N(c2ccccc2)c2cccc3c2-c2ccccc2C32c3ccccc3-c3cc4ccccc4c(N(c4ccccc4)c4cccc5oc6ccccc6c45)c32)cc1. The van der Waals surface area contributed by atoms with Crippen LogP contribution in [0.3, 0.4) is 0 Å². The van der Waals surface area contributed by atoms with Crippen LogP contribution in [0, 0.1) is 0 Å². The fourth-order valence-corrected chi connectivity index (χ4v) is 10.9. The van der Waals surface area contributed by atoms with E-state index < -0.39 is 5.41 Å². The second-order valence-electron chi connectivity index (χ2n) is 16.3. The maximum absolute atomic E-state index is 6.61. The minimum atomic E-state index is -0.675. The van der Waals surface area contributed by atoms with Gasteiger partial charge in [0.1, 0.15) is 11.2 Å². The maximum Gasteiger partial charge on any atom is 0.137 e. The minimum absolute atomic E-state index is 0.675. The van der Waals surface area contributed by atoms with Crippen molar-refractivity contribution in [3.63, 3.8) is 0 Å². The number of benzene rings is 10. The molecular formula is C59H38N2O. The van der Waals surface area contributed by atoms with Gasteiger partial charge in [0, 0.05) is 39.0 Å². The summed E-state index contributed by atoms with van der Waals surface area (Å²) in [5.74, 6) is 0. The highest BCUT2D eigenvalue weighted by Crippen LogP contribution is 2.68. The molecule has 2 aliphatic carbocycles. The number of nitrogens with zero attached hydrogens (tertiary/aromatic N) is 2. The van der Waals surface area contributed by atoms with E-state index in [1.807, 2.05) is 0 Å². The summed E-state index contributed by atoms with van der Waals surface area (Å²) < 4.78 is 6.61. The molecule has 3 heteroatoms. The third kappa shape index (κ3) is 4.76. The summed E-state index contributed by atoms with van der Waals surface area (Å²) in [6.45, 7) is 0. The summed E-state index contributed by atoms with van der Waals surface area (Å²) in [6.07, 6.45) is 0. The van der Waals surface area contributed by atoms with Crippen molar-refractivity contribution in [1.82, 2.24) is 0 Å². The number of hydrogen-bond donors (Lipinski definition) is 0. The van der Waals surface area contributed by atoms with E-state index in [0.29, 0.717) is 0 Å². The summed E-state index contributed by atoms with van der Waals surface area (Å²) in [5.41, 5.74) is 17.9. The highest BCUT2D eigenvalue weighted by molar-refractivity contribution is 6.17. The number of para-hydroxylation sites is 4. The topological polar surface area (TPSA) is 19.6 Å². The molecule has 1 spiro atoms. The Bertz CT molecular complexity index is 3500. The largest absolute Gasteiger partial charge is 0.456 e. The van der Waals surface area contributed by atoms with Crippen LogP contribution in [0.25, 0.3) is 55.0 Å². The summed E-state index contributed by atoms with van der Waals surface area (Å²) in [4.78, 5) is 4.96. The lowest BCUT2D eigenvalue weighted by Crippen LogP contribution is -2.28. The second kappa shape index (κ2) is 13.4. The first-order chi connectivity index (χ1) is 30.8. The number of furan rings is 1. The summed E-state index contributed by atoms with van der Waals surface area (Å²) >= 11 is 0. The molecule has 0 bridgehead atoms. The van der Waals surface area contributed by atoms with E-state index >= 15 is 0 Å². The molecule has 1 heterocycles. The molecule has 0 N–H and O–H groups in total. The van der Waals surface area contributed by atoms with E-state index in [2.05, 4.69) is 240 Å². The molecule has 1 unspecified atom stereocenters. The lowest BCUT2D eigenvalue weighted by Gasteiger charge is -2.37. The van der Waals surface area contributed by atoms with Gasteiger partial charge in [0.05, 0.1) is 27.9 Å². The summed E-state index contributed by atoms with van der Waals surface area (Å²) in [7, 11) is 0. The Morgan fingerprint density at radius 3 is 1.60 bits per heavy atom. The predicted molar refractivity (Wildman–Crippen MR) is 257 cm³/mol. The lowest BCUT2D eigenvalue weighted by molar-refractivity contribution is 0.669. The van der Waals surface area contributed by atoms with Crippen molar-refractivity contribution in [3.05, 3.63) is 253 Å². The summed E-state index contributed by atoms with van der Waals surface area (Å²) in [6, 6.07) is 84.1. The highest BCUT2D eigenvalue weighted by Gasteiger charge is 2.54. The van der Waals surface area contributed by atoms with Gasteiger partial charge in [0.15, 0.2) is 0 Å². The second-order valence-corrected chi connectivity index (χ2v) is 16.3. The molecule has 0 radical (unpaired) electrons. The van der Waals surface area contributed by atoms with Gasteiger partial charge < -0.3 is 14.2 Å². The van der Waals surface area contributed by atoms with E-state index in [0.717, 1.165) is 56.1 Å². The van der Waals surface area contributed by atoms with Crippen LogP contribution >= 0.6 is 0 Å². The van der Waals surface area contributed by atoms with Crippen molar-refractivity contribution in [2.75, 3.05) is 9.80 Å². The van der Waals surface area contributed by atoms with Crippen molar-refractivity contribution in [3.8, 4) is 22.3 Å². The molecule has 3 nitrogen and oxygen atoms in total. The molecule has 290 valence electrons. The van der Waals surface area contributed by atoms with Crippen molar-refractivity contribution < 1.29 is 4.42 Å². The number of hydrogen-bond acceptors (Lipinski definition) is 3. The van der Waals surface area contributed by atoms with Crippen LogP contribution in [-0.4, -0.2) is 0 Å². The lowest BCUT2D eigenvalue weighted by atomic mass is 9.69. The summed E-state index contributed by atoms with van der Waals surface area (Å²) in [5, 5.41) is 4.56. The first kappa shape index (κ1) is 34.7. The third-order valence-electron chi connectivity index (χ3n) is 13.2. The van der Waals surface area contributed by atoms with Crippen LogP contribution in [0.4, 0.5) is 34.1 Å². The van der Waals surface area contributed by atoms with E-state index in [9.17, 15) is 0 Å². The van der Waals surface area contributed by atoms with Crippen molar-refractivity contribution in [2.45, 2.75) is 5.41 Å². The van der Waals surface area contributed by atoms with Gasteiger partial charge >= 0.3 is 0 Å².